The number of aliphatic hydroxyl groups excluding tert-OH is 1. The van der Waals surface area contributed by atoms with Gasteiger partial charge in [0.05, 0.1) is 7.11 Å². The van der Waals surface area contributed by atoms with E-state index in [1.807, 2.05) is 41.9 Å². The predicted molar refractivity (Wildman–Crippen MR) is 66.1 cm³/mol. The molecule has 0 radical (unpaired) electrons. The Labute approximate surface area is 99.1 Å². The van der Waals surface area contributed by atoms with Crippen molar-refractivity contribution in [1.82, 2.24) is 0 Å². The van der Waals surface area contributed by atoms with Crippen molar-refractivity contribution >= 4 is 11.3 Å². The molecule has 3 heteroatoms. The monoisotopic (exact) mass is 234 g/mol. The van der Waals surface area contributed by atoms with Gasteiger partial charge in [-0.15, -0.1) is 0 Å². The number of hydrogen-bond donors (Lipinski definition) is 1. The number of aliphatic hydroxyl groups is 1. The van der Waals surface area contributed by atoms with Crippen LogP contribution in [-0.2, 0) is 0 Å². The average Bonchev–Trinajstić information content (AvgIpc) is 2.81. The summed E-state index contributed by atoms with van der Waals surface area (Å²) in [6.45, 7) is 2.00. The van der Waals surface area contributed by atoms with E-state index in [2.05, 4.69) is 0 Å². The summed E-state index contributed by atoms with van der Waals surface area (Å²) in [6, 6.07) is 7.75. The number of thiophene rings is 1. The fourth-order valence-corrected chi connectivity index (χ4v) is 2.36. The molecule has 2 aromatic rings. The van der Waals surface area contributed by atoms with Gasteiger partial charge in [0, 0.05) is 5.56 Å². The number of hydrogen-bond acceptors (Lipinski definition) is 3. The van der Waals surface area contributed by atoms with E-state index in [1.54, 1.807) is 18.4 Å². The minimum absolute atomic E-state index is 0.610. The van der Waals surface area contributed by atoms with Gasteiger partial charge in [-0.3, -0.25) is 0 Å². The van der Waals surface area contributed by atoms with Crippen molar-refractivity contribution in [2.24, 2.45) is 0 Å². The van der Waals surface area contributed by atoms with Crippen LogP contribution in [0.25, 0.3) is 0 Å². The van der Waals surface area contributed by atoms with Crippen LogP contribution in [0.2, 0.25) is 0 Å². The summed E-state index contributed by atoms with van der Waals surface area (Å²) in [5.74, 6) is 0.726. The van der Waals surface area contributed by atoms with Crippen LogP contribution in [0.5, 0.6) is 5.75 Å². The van der Waals surface area contributed by atoms with E-state index in [-0.39, 0.29) is 0 Å². The lowest BCUT2D eigenvalue weighted by Crippen LogP contribution is -2.01. The maximum atomic E-state index is 10.2. The van der Waals surface area contributed by atoms with Gasteiger partial charge in [-0.1, -0.05) is 11.6 Å². The Hall–Kier alpha value is -1.32. The molecule has 1 heterocycles. The van der Waals surface area contributed by atoms with Crippen LogP contribution in [0.4, 0.5) is 0 Å². The molecule has 1 aromatic heterocycles. The van der Waals surface area contributed by atoms with Gasteiger partial charge in [0.15, 0.2) is 0 Å². The number of rotatable bonds is 3. The third-order valence-corrected chi connectivity index (χ3v) is 3.24. The van der Waals surface area contributed by atoms with Gasteiger partial charge in [-0.25, -0.2) is 0 Å². The normalized spacial score (nSPS) is 12.4. The summed E-state index contributed by atoms with van der Waals surface area (Å²) in [6.07, 6.45) is -0.610. The molecule has 0 saturated carbocycles. The molecule has 84 valence electrons. The van der Waals surface area contributed by atoms with Crippen LogP contribution >= 0.6 is 11.3 Å². The molecule has 0 fully saturated rings. The van der Waals surface area contributed by atoms with E-state index in [4.69, 9.17) is 4.74 Å². The second kappa shape index (κ2) is 4.68. The van der Waals surface area contributed by atoms with Crippen molar-refractivity contribution in [3.05, 3.63) is 51.7 Å². The van der Waals surface area contributed by atoms with Gasteiger partial charge < -0.3 is 9.84 Å². The Bertz CT molecular complexity index is 463. The number of aryl methyl sites for hydroxylation is 1. The lowest BCUT2D eigenvalue weighted by Gasteiger charge is -2.14. The fraction of sp³-hybridized carbons (Fsp3) is 0.231. The van der Waals surface area contributed by atoms with Crippen molar-refractivity contribution in [2.45, 2.75) is 13.0 Å². The smallest absolute Gasteiger partial charge is 0.125 e. The van der Waals surface area contributed by atoms with Crippen molar-refractivity contribution in [3.8, 4) is 5.75 Å². The molecule has 1 atom stereocenters. The predicted octanol–water partition coefficient (Wildman–Crippen LogP) is 3.15. The molecule has 16 heavy (non-hydrogen) atoms. The SMILES string of the molecule is COc1ccc(C)cc1C(O)c1ccsc1. The van der Waals surface area contributed by atoms with Crippen LogP contribution in [0.15, 0.2) is 35.0 Å². The zero-order valence-electron chi connectivity index (χ0n) is 9.31. The number of benzene rings is 1. The van der Waals surface area contributed by atoms with E-state index in [0.29, 0.717) is 0 Å². The molecule has 0 bridgehead atoms. The minimum Gasteiger partial charge on any atom is -0.496 e. The third-order valence-electron chi connectivity index (χ3n) is 2.54. The van der Waals surface area contributed by atoms with Crippen molar-refractivity contribution in [2.75, 3.05) is 7.11 Å². The summed E-state index contributed by atoms with van der Waals surface area (Å²) in [4.78, 5) is 0. The van der Waals surface area contributed by atoms with Crippen LogP contribution in [-0.4, -0.2) is 12.2 Å². The molecular weight excluding hydrogens is 220 g/mol. The highest BCUT2D eigenvalue weighted by Crippen LogP contribution is 2.31. The summed E-state index contributed by atoms with van der Waals surface area (Å²) < 4.78 is 5.26. The molecule has 2 nitrogen and oxygen atoms in total. The highest BCUT2D eigenvalue weighted by atomic mass is 32.1. The quantitative estimate of drug-likeness (QED) is 0.884. The Morgan fingerprint density at radius 2 is 2.12 bits per heavy atom. The van der Waals surface area contributed by atoms with E-state index >= 15 is 0 Å². The van der Waals surface area contributed by atoms with E-state index in [0.717, 1.165) is 22.4 Å². The molecule has 0 amide bonds. The van der Waals surface area contributed by atoms with E-state index in [1.165, 1.54) is 0 Å². The molecule has 0 saturated heterocycles. The van der Waals surface area contributed by atoms with Gasteiger partial charge in [0.2, 0.25) is 0 Å². The highest BCUT2D eigenvalue weighted by Gasteiger charge is 2.15. The molecule has 1 unspecified atom stereocenters. The van der Waals surface area contributed by atoms with Crippen molar-refractivity contribution < 1.29 is 9.84 Å². The molecule has 1 N–H and O–H groups in total. The van der Waals surface area contributed by atoms with Gasteiger partial charge in [0.1, 0.15) is 11.9 Å². The van der Waals surface area contributed by atoms with Crippen LogP contribution in [0.1, 0.15) is 22.8 Å². The van der Waals surface area contributed by atoms with Crippen molar-refractivity contribution in [3.63, 3.8) is 0 Å². The maximum Gasteiger partial charge on any atom is 0.125 e. The van der Waals surface area contributed by atoms with Gasteiger partial charge in [-0.05, 0) is 41.4 Å². The minimum atomic E-state index is -0.610. The Morgan fingerprint density at radius 1 is 1.31 bits per heavy atom. The first kappa shape index (κ1) is 11.2. The summed E-state index contributed by atoms with van der Waals surface area (Å²) in [5, 5.41) is 14.2. The standard InChI is InChI=1S/C13H14O2S/c1-9-3-4-12(15-2)11(7-9)13(14)10-5-6-16-8-10/h3-8,13-14H,1-2H3. The van der Waals surface area contributed by atoms with Crippen LogP contribution in [0.3, 0.4) is 0 Å². The molecule has 2 rings (SSSR count). The topological polar surface area (TPSA) is 29.5 Å². The van der Waals surface area contributed by atoms with Crippen molar-refractivity contribution in [1.29, 1.82) is 0 Å². The molecular formula is C13H14O2S. The second-order valence-electron chi connectivity index (χ2n) is 3.70. The number of methoxy groups -OCH3 is 1. The van der Waals surface area contributed by atoms with Gasteiger partial charge in [0.25, 0.3) is 0 Å². The lowest BCUT2D eigenvalue weighted by molar-refractivity contribution is 0.215. The average molecular weight is 234 g/mol. The molecule has 0 spiro atoms. The van der Waals surface area contributed by atoms with Gasteiger partial charge >= 0.3 is 0 Å². The Morgan fingerprint density at radius 3 is 2.75 bits per heavy atom. The summed E-state index contributed by atoms with van der Waals surface area (Å²) in [5.41, 5.74) is 2.85. The first-order valence-corrected chi connectivity index (χ1v) is 6.01. The molecule has 0 aliphatic heterocycles. The molecule has 1 aromatic carbocycles. The second-order valence-corrected chi connectivity index (χ2v) is 4.48. The zero-order valence-corrected chi connectivity index (χ0v) is 10.1. The van der Waals surface area contributed by atoms with Crippen LogP contribution < -0.4 is 4.74 Å². The number of ether oxygens (including phenoxy) is 1. The lowest BCUT2D eigenvalue weighted by atomic mass is 10.0. The maximum absolute atomic E-state index is 10.2. The van der Waals surface area contributed by atoms with Crippen LogP contribution in [0, 0.1) is 6.92 Å². The first-order valence-electron chi connectivity index (χ1n) is 5.07. The first-order chi connectivity index (χ1) is 7.72. The van der Waals surface area contributed by atoms with E-state index in [9.17, 15) is 5.11 Å². The third kappa shape index (κ3) is 2.10. The summed E-state index contributed by atoms with van der Waals surface area (Å²) in [7, 11) is 1.62. The largest absolute Gasteiger partial charge is 0.496 e. The fourth-order valence-electron chi connectivity index (χ4n) is 1.68. The Kier molecular flexibility index (Phi) is 3.27. The van der Waals surface area contributed by atoms with Gasteiger partial charge in [-0.2, -0.15) is 11.3 Å². The molecule has 0 aliphatic carbocycles. The summed E-state index contributed by atoms with van der Waals surface area (Å²) >= 11 is 1.58. The highest BCUT2D eigenvalue weighted by molar-refractivity contribution is 7.07. The van der Waals surface area contributed by atoms with E-state index < -0.39 is 6.10 Å². The molecule has 0 aliphatic rings. The Balaban J connectivity index is 2.42. The zero-order chi connectivity index (χ0) is 11.5.